The monoisotopic (exact) mass is 453 g/mol. The SMILES string of the molecule is CCc1nc(CS(=O)(=O)C(c2ccc(F)cc2)c2ccc(Br)cc2)cs1. The average Bonchev–Trinajstić information content (AvgIpc) is 3.05. The van der Waals surface area contributed by atoms with Gasteiger partial charge in [-0.25, -0.2) is 17.8 Å². The summed E-state index contributed by atoms with van der Waals surface area (Å²) in [6, 6.07) is 12.8. The molecule has 0 saturated heterocycles. The molecule has 3 aromatic rings. The minimum absolute atomic E-state index is 0.151. The van der Waals surface area contributed by atoms with Crippen LogP contribution in [0.3, 0.4) is 0 Å². The molecule has 0 aliphatic rings. The molecule has 0 aliphatic carbocycles. The van der Waals surface area contributed by atoms with Gasteiger partial charge in [-0.1, -0.05) is 47.1 Å². The van der Waals surface area contributed by atoms with E-state index >= 15 is 0 Å². The van der Waals surface area contributed by atoms with Crippen molar-refractivity contribution in [3.8, 4) is 0 Å². The van der Waals surface area contributed by atoms with Crippen LogP contribution in [0.25, 0.3) is 0 Å². The van der Waals surface area contributed by atoms with E-state index in [1.54, 1.807) is 29.6 Å². The predicted molar refractivity (Wildman–Crippen MR) is 107 cm³/mol. The van der Waals surface area contributed by atoms with Crippen molar-refractivity contribution in [1.82, 2.24) is 4.98 Å². The second-order valence-electron chi connectivity index (χ2n) is 5.88. The molecule has 1 atom stereocenters. The molecule has 0 N–H and O–H groups in total. The lowest BCUT2D eigenvalue weighted by molar-refractivity contribution is 0.587. The summed E-state index contributed by atoms with van der Waals surface area (Å²) in [7, 11) is -3.60. The first kappa shape index (κ1) is 19.2. The first-order chi connectivity index (χ1) is 12.4. The zero-order chi connectivity index (χ0) is 18.7. The van der Waals surface area contributed by atoms with Crippen molar-refractivity contribution < 1.29 is 12.8 Å². The van der Waals surface area contributed by atoms with Gasteiger partial charge in [-0.3, -0.25) is 0 Å². The molecule has 0 amide bonds. The predicted octanol–water partition coefficient (Wildman–Crippen LogP) is 5.31. The van der Waals surface area contributed by atoms with Crippen LogP contribution in [0.5, 0.6) is 0 Å². The Morgan fingerprint density at radius 3 is 2.19 bits per heavy atom. The quantitative estimate of drug-likeness (QED) is 0.507. The Kier molecular flexibility index (Phi) is 5.89. The number of hydrogen-bond donors (Lipinski definition) is 0. The van der Waals surface area contributed by atoms with Crippen LogP contribution in [-0.4, -0.2) is 13.4 Å². The second-order valence-corrected chi connectivity index (χ2v) is 9.82. The van der Waals surface area contributed by atoms with E-state index in [9.17, 15) is 12.8 Å². The molecule has 3 rings (SSSR count). The van der Waals surface area contributed by atoms with E-state index in [-0.39, 0.29) is 5.75 Å². The largest absolute Gasteiger partial charge is 0.245 e. The normalized spacial score (nSPS) is 12.9. The molecule has 7 heteroatoms. The number of aryl methyl sites for hydroxylation is 1. The summed E-state index contributed by atoms with van der Waals surface area (Å²) >= 11 is 4.83. The minimum atomic E-state index is -3.60. The van der Waals surface area contributed by atoms with Crippen molar-refractivity contribution in [2.75, 3.05) is 0 Å². The topological polar surface area (TPSA) is 47.0 Å². The Balaban J connectivity index is 2.03. The molecule has 0 spiro atoms. The van der Waals surface area contributed by atoms with Gasteiger partial charge >= 0.3 is 0 Å². The molecule has 2 aromatic carbocycles. The van der Waals surface area contributed by atoms with Crippen molar-refractivity contribution in [1.29, 1.82) is 0 Å². The minimum Gasteiger partial charge on any atom is -0.245 e. The Bertz CT molecular complexity index is 938. The maximum absolute atomic E-state index is 13.3. The zero-order valence-electron chi connectivity index (χ0n) is 14.0. The first-order valence-corrected chi connectivity index (χ1v) is 11.4. The number of thiazole rings is 1. The fourth-order valence-electron chi connectivity index (χ4n) is 2.75. The van der Waals surface area contributed by atoms with Crippen molar-refractivity contribution in [3.63, 3.8) is 0 Å². The molecular formula is C19H17BrFNO2S2. The average molecular weight is 454 g/mol. The van der Waals surface area contributed by atoms with Gasteiger partial charge in [-0.05, 0) is 41.8 Å². The number of sulfone groups is 1. The summed E-state index contributed by atoms with van der Waals surface area (Å²) < 4.78 is 40.6. The molecule has 1 aromatic heterocycles. The van der Waals surface area contributed by atoms with Gasteiger partial charge < -0.3 is 0 Å². The maximum atomic E-state index is 13.3. The van der Waals surface area contributed by atoms with E-state index in [2.05, 4.69) is 20.9 Å². The lowest BCUT2D eigenvalue weighted by Gasteiger charge is -2.18. The molecule has 0 aliphatic heterocycles. The number of rotatable bonds is 6. The second kappa shape index (κ2) is 7.98. The molecule has 3 nitrogen and oxygen atoms in total. The summed E-state index contributed by atoms with van der Waals surface area (Å²) in [6.07, 6.45) is 0.777. The third-order valence-electron chi connectivity index (χ3n) is 3.96. The van der Waals surface area contributed by atoms with Crippen molar-refractivity contribution in [2.24, 2.45) is 0 Å². The Morgan fingerprint density at radius 1 is 1.08 bits per heavy atom. The number of halogens is 2. The van der Waals surface area contributed by atoms with Gasteiger partial charge in [-0.15, -0.1) is 11.3 Å². The first-order valence-electron chi connectivity index (χ1n) is 8.05. The van der Waals surface area contributed by atoms with E-state index < -0.39 is 20.9 Å². The zero-order valence-corrected chi connectivity index (χ0v) is 17.2. The number of aromatic nitrogens is 1. The highest BCUT2D eigenvalue weighted by Crippen LogP contribution is 2.33. The van der Waals surface area contributed by atoms with Crippen LogP contribution in [0, 0.1) is 5.82 Å². The van der Waals surface area contributed by atoms with Gasteiger partial charge in [0.15, 0.2) is 9.84 Å². The van der Waals surface area contributed by atoms with Gasteiger partial charge in [0.25, 0.3) is 0 Å². The molecule has 0 fully saturated rings. The van der Waals surface area contributed by atoms with Crippen LogP contribution in [0.4, 0.5) is 4.39 Å². The lowest BCUT2D eigenvalue weighted by Crippen LogP contribution is -2.17. The van der Waals surface area contributed by atoms with Gasteiger partial charge in [0.2, 0.25) is 0 Å². The Labute approximate surface area is 165 Å². The van der Waals surface area contributed by atoms with Gasteiger partial charge in [0.1, 0.15) is 11.1 Å². The molecule has 136 valence electrons. The summed E-state index contributed by atoms with van der Waals surface area (Å²) in [5, 5.41) is 1.83. The highest BCUT2D eigenvalue weighted by molar-refractivity contribution is 9.10. The summed E-state index contributed by atoms with van der Waals surface area (Å²) in [4.78, 5) is 4.38. The molecule has 1 heterocycles. The molecular weight excluding hydrogens is 437 g/mol. The molecule has 0 bridgehead atoms. The van der Waals surface area contributed by atoms with Crippen LogP contribution in [0.15, 0.2) is 58.4 Å². The summed E-state index contributed by atoms with van der Waals surface area (Å²) in [6.45, 7) is 1.99. The van der Waals surface area contributed by atoms with Crippen LogP contribution < -0.4 is 0 Å². The van der Waals surface area contributed by atoms with Gasteiger partial charge in [-0.2, -0.15) is 0 Å². The summed E-state index contributed by atoms with van der Waals surface area (Å²) in [5.41, 5.74) is 1.74. The molecule has 1 unspecified atom stereocenters. The van der Waals surface area contributed by atoms with Crippen molar-refractivity contribution in [2.45, 2.75) is 24.3 Å². The lowest BCUT2D eigenvalue weighted by atomic mass is 10.0. The standard InChI is InChI=1S/C19H17BrFNO2S2/c1-2-18-22-17(11-25-18)12-26(23,24)19(13-3-7-15(20)8-4-13)14-5-9-16(21)10-6-14/h3-11,19H,2,12H2,1H3. The third kappa shape index (κ3) is 4.39. The van der Waals surface area contributed by atoms with E-state index in [4.69, 9.17) is 0 Å². The van der Waals surface area contributed by atoms with E-state index in [0.29, 0.717) is 16.8 Å². The highest BCUT2D eigenvalue weighted by Gasteiger charge is 2.30. The molecule has 0 radical (unpaired) electrons. The fraction of sp³-hybridized carbons (Fsp3) is 0.211. The van der Waals surface area contributed by atoms with Crippen LogP contribution in [0.2, 0.25) is 0 Å². The van der Waals surface area contributed by atoms with E-state index in [0.717, 1.165) is 15.9 Å². The van der Waals surface area contributed by atoms with Crippen LogP contribution in [-0.2, 0) is 22.0 Å². The Hall–Kier alpha value is -1.57. The smallest absolute Gasteiger partial charge is 0.167 e. The number of hydrogen-bond acceptors (Lipinski definition) is 4. The third-order valence-corrected chi connectivity index (χ3v) is 7.49. The van der Waals surface area contributed by atoms with E-state index in [1.165, 1.54) is 35.6 Å². The highest BCUT2D eigenvalue weighted by atomic mass is 79.9. The fourth-order valence-corrected chi connectivity index (χ4v) is 5.73. The van der Waals surface area contributed by atoms with Gasteiger partial charge in [0.05, 0.1) is 16.5 Å². The maximum Gasteiger partial charge on any atom is 0.167 e. The number of nitrogens with zero attached hydrogens (tertiary/aromatic N) is 1. The molecule has 26 heavy (non-hydrogen) atoms. The van der Waals surface area contributed by atoms with Gasteiger partial charge in [0, 0.05) is 9.85 Å². The Morgan fingerprint density at radius 2 is 1.65 bits per heavy atom. The van der Waals surface area contributed by atoms with Crippen LogP contribution >= 0.6 is 27.3 Å². The summed E-state index contributed by atoms with van der Waals surface area (Å²) in [5.74, 6) is -0.547. The van der Waals surface area contributed by atoms with Crippen LogP contribution in [0.1, 0.15) is 34.0 Å². The molecule has 0 saturated carbocycles. The number of benzene rings is 2. The van der Waals surface area contributed by atoms with E-state index in [1.807, 2.05) is 6.92 Å². The van der Waals surface area contributed by atoms with Crippen molar-refractivity contribution >= 4 is 37.1 Å². The van der Waals surface area contributed by atoms with Crippen molar-refractivity contribution in [3.05, 3.63) is 86.0 Å².